The van der Waals surface area contributed by atoms with Gasteiger partial charge in [0.25, 0.3) is 0 Å². The van der Waals surface area contributed by atoms with Gasteiger partial charge in [-0.25, -0.2) is 0 Å². The number of hydrogen-bond donors (Lipinski definition) is 1. The van der Waals surface area contributed by atoms with Crippen molar-refractivity contribution in [3.05, 3.63) is 35.9 Å². The van der Waals surface area contributed by atoms with Gasteiger partial charge in [-0.3, -0.25) is 0 Å². The SMILES string of the molecule is CC(CCc1ccccc1)NCC1(C)CCOCC1. The van der Waals surface area contributed by atoms with Gasteiger partial charge in [-0.2, -0.15) is 0 Å². The number of aryl methyl sites for hydroxylation is 1. The molecule has 1 fully saturated rings. The lowest BCUT2D eigenvalue weighted by atomic mass is 9.82. The maximum absolute atomic E-state index is 5.45. The summed E-state index contributed by atoms with van der Waals surface area (Å²) in [7, 11) is 0. The molecule has 1 aromatic carbocycles. The second-order valence-corrected chi connectivity index (χ2v) is 6.23. The van der Waals surface area contributed by atoms with Crippen LogP contribution in [0.4, 0.5) is 0 Å². The van der Waals surface area contributed by atoms with Gasteiger partial charge in [0.05, 0.1) is 0 Å². The largest absolute Gasteiger partial charge is 0.381 e. The molecule has 0 amide bonds. The Kier molecular flexibility index (Phi) is 5.41. The first-order valence-corrected chi connectivity index (χ1v) is 7.53. The predicted octanol–water partition coefficient (Wildman–Crippen LogP) is 3.41. The molecule has 2 rings (SSSR count). The average molecular weight is 261 g/mol. The predicted molar refractivity (Wildman–Crippen MR) is 80.4 cm³/mol. The maximum Gasteiger partial charge on any atom is 0.0471 e. The fraction of sp³-hybridized carbons (Fsp3) is 0.647. The van der Waals surface area contributed by atoms with Gasteiger partial charge in [-0.05, 0) is 43.6 Å². The van der Waals surface area contributed by atoms with Gasteiger partial charge < -0.3 is 10.1 Å². The first-order valence-electron chi connectivity index (χ1n) is 7.53. The van der Waals surface area contributed by atoms with Gasteiger partial charge in [0.15, 0.2) is 0 Å². The lowest BCUT2D eigenvalue weighted by Gasteiger charge is -2.34. The molecule has 1 atom stereocenters. The summed E-state index contributed by atoms with van der Waals surface area (Å²) in [5.41, 5.74) is 1.87. The number of benzene rings is 1. The number of ether oxygens (including phenoxy) is 1. The van der Waals surface area contributed by atoms with Crippen molar-refractivity contribution >= 4 is 0 Å². The Balaban J connectivity index is 1.68. The zero-order valence-electron chi connectivity index (χ0n) is 12.3. The minimum absolute atomic E-state index is 0.430. The van der Waals surface area contributed by atoms with Crippen molar-refractivity contribution in [2.24, 2.45) is 5.41 Å². The minimum Gasteiger partial charge on any atom is -0.381 e. The van der Waals surface area contributed by atoms with Gasteiger partial charge in [-0.1, -0.05) is 37.3 Å². The molecule has 0 aliphatic carbocycles. The van der Waals surface area contributed by atoms with E-state index in [1.54, 1.807) is 0 Å². The first kappa shape index (κ1) is 14.5. The highest BCUT2D eigenvalue weighted by Gasteiger charge is 2.27. The van der Waals surface area contributed by atoms with Crippen molar-refractivity contribution in [3.63, 3.8) is 0 Å². The standard InChI is InChI=1S/C17H27NO/c1-15(8-9-16-6-4-3-5-7-16)18-14-17(2)10-12-19-13-11-17/h3-7,15,18H,8-14H2,1-2H3. The molecule has 0 radical (unpaired) electrons. The molecule has 1 aliphatic heterocycles. The zero-order chi connectivity index (χ0) is 13.6. The molecule has 0 saturated carbocycles. The summed E-state index contributed by atoms with van der Waals surface area (Å²) in [5, 5.41) is 3.71. The first-order chi connectivity index (χ1) is 9.18. The van der Waals surface area contributed by atoms with E-state index in [1.807, 2.05) is 0 Å². The van der Waals surface area contributed by atoms with Crippen LogP contribution in [0.5, 0.6) is 0 Å². The summed E-state index contributed by atoms with van der Waals surface area (Å²) in [6, 6.07) is 11.3. The molecule has 1 saturated heterocycles. The molecule has 106 valence electrons. The molecule has 0 aromatic heterocycles. The third-order valence-electron chi connectivity index (χ3n) is 4.29. The van der Waals surface area contributed by atoms with Crippen LogP contribution in [-0.4, -0.2) is 25.8 Å². The van der Waals surface area contributed by atoms with E-state index in [-0.39, 0.29) is 0 Å². The van der Waals surface area contributed by atoms with Crippen molar-refractivity contribution in [1.29, 1.82) is 0 Å². The Labute approximate surface area is 117 Å². The van der Waals surface area contributed by atoms with Crippen molar-refractivity contribution < 1.29 is 4.74 Å². The molecule has 1 heterocycles. The van der Waals surface area contributed by atoms with E-state index >= 15 is 0 Å². The van der Waals surface area contributed by atoms with Gasteiger partial charge >= 0.3 is 0 Å². The van der Waals surface area contributed by atoms with Crippen LogP contribution in [0, 0.1) is 5.41 Å². The normalized spacial score (nSPS) is 20.1. The van der Waals surface area contributed by atoms with Crippen LogP contribution in [0.3, 0.4) is 0 Å². The van der Waals surface area contributed by atoms with Gasteiger partial charge in [0, 0.05) is 25.8 Å². The smallest absolute Gasteiger partial charge is 0.0471 e. The third-order valence-corrected chi connectivity index (χ3v) is 4.29. The molecular weight excluding hydrogens is 234 g/mol. The molecule has 0 spiro atoms. The second-order valence-electron chi connectivity index (χ2n) is 6.23. The summed E-state index contributed by atoms with van der Waals surface area (Å²) in [5.74, 6) is 0. The second kappa shape index (κ2) is 7.06. The molecule has 0 bridgehead atoms. The molecule has 1 N–H and O–H groups in total. The monoisotopic (exact) mass is 261 g/mol. The van der Waals surface area contributed by atoms with Crippen molar-refractivity contribution in [2.75, 3.05) is 19.8 Å². The van der Waals surface area contributed by atoms with Gasteiger partial charge in [0.1, 0.15) is 0 Å². The molecule has 1 aromatic rings. The molecule has 19 heavy (non-hydrogen) atoms. The lowest BCUT2D eigenvalue weighted by molar-refractivity contribution is 0.0230. The highest BCUT2D eigenvalue weighted by molar-refractivity contribution is 5.14. The number of nitrogens with one attached hydrogen (secondary N) is 1. The van der Waals surface area contributed by atoms with Crippen LogP contribution in [0.1, 0.15) is 38.7 Å². The third kappa shape index (κ3) is 4.96. The average Bonchev–Trinajstić information content (AvgIpc) is 2.45. The maximum atomic E-state index is 5.45. The zero-order valence-corrected chi connectivity index (χ0v) is 12.3. The van der Waals surface area contributed by atoms with E-state index in [9.17, 15) is 0 Å². The topological polar surface area (TPSA) is 21.3 Å². The molecule has 1 aliphatic rings. The van der Waals surface area contributed by atoms with Crippen LogP contribution < -0.4 is 5.32 Å². The lowest BCUT2D eigenvalue weighted by Crippen LogP contribution is -2.40. The van der Waals surface area contributed by atoms with Crippen molar-refractivity contribution in [2.45, 2.75) is 45.6 Å². The Morgan fingerprint density at radius 3 is 2.58 bits per heavy atom. The van der Waals surface area contributed by atoms with Gasteiger partial charge in [-0.15, -0.1) is 0 Å². The molecule has 2 nitrogen and oxygen atoms in total. The van der Waals surface area contributed by atoms with E-state index in [0.29, 0.717) is 11.5 Å². The summed E-state index contributed by atoms with van der Waals surface area (Å²) in [6.07, 6.45) is 4.74. The fourth-order valence-electron chi connectivity index (χ4n) is 2.59. The van der Waals surface area contributed by atoms with E-state index in [1.165, 1.54) is 24.8 Å². The summed E-state index contributed by atoms with van der Waals surface area (Å²) in [4.78, 5) is 0. The van der Waals surface area contributed by atoms with Crippen LogP contribution in [0.2, 0.25) is 0 Å². The summed E-state index contributed by atoms with van der Waals surface area (Å²) < 4.78 is 5.45. The molecule has 2 heteroatoms. The van der Waals surface area contributed by atoms with Crippen LogP contribution in [0.15, 0.2) is 30.3 Å². The highest BCUT2D eigenvalue weighted by Crippen LogP contribution is 2.28. The Morgan fingerprint density at radius 2 is 1.89 bits per heavy atom. The van der Waals surface area contributed by atoms with E-state index in [2.05, 4.69) is 49.5 Å². The summed E-state index contributed by atoms with van der Waals surface area (Å²) >= 11 is 0. The van der Waals surface area contributed by atoms with E-state index in [4.69, 9.17) is 4.74 Å². The number of hydrogen-bond acceptors (Lipinski definition) is 2. The Bertz CT molecular complexity index is 357. The Morgan fingerprint density at radius 1 is 1.21 bits per heavy atom. The van der Waals surface area contributed by atoms with Crippen LogP contribution in [-0.2, 0) is 11.2 Å². The summed E-state index contributed by atoms with van der Waals surface area (Å²) in [6.45, 7) is 7.65. The van der Waals surface area contributed by atoms with Crippen LogP contribution >= 0.6 is 0 Å². The van der Waals surface area contributed by atoms with Crippen molar-refractivity contribution in [1.82, 2.24) is 5.32 Å². The minimum atomic E-state index is 0.430. The number of rotatable bonds is 6. The van der Waals surface area contributed by atoms with E-state index in [0.717, 1.165) is 26.2 Å². The quantitative estimate of drug-likeness (QED) is 0.847. The van der Waals surface area contributed by atoms with E-state index < -0.39 is 0 Å². The molecule has 1 unspecified atom stereocenters. The van der Waals surface area contributed by atoms with Crippen LogP contribution in [0.25, 0.3) is 0 Å². The fourth-order valence-corrected chi connectivity index (χ4v) is 2.59. The van der Waals surface area contributed by atoms with Gasteiger partial charge in [0.2, 0.25) is 0 Å². The molecular formula is C17H27NO. The highest BCUT2D eigenvalue weighted by atomic mass is 16.5. The Hall–Kier alpha value is -0.860. The van der Waals surface area contributed by atoms with Crippen molar-refractivity contribution in [3.8, 4) is 0 Å².